The van der Waals surface area contributed by atoms with Crippen molar-refractivity contribution >= 4 is 26.7 Å². The van der Waals surface area contributed by atoms with E-state index in [4.69, 9.17) is 4.74 Å². The molecule has 1 aliphatic carbocycles. The molecule has 8 nitrogen and oxygen atoms in total. The molecule has 1 fully saturated rings. The second-order valence-corrected chi connectivity index (χ2v) is 10.2. The maximum Gasteiger partial charge on any atom is 0.329 e. The highest BCUT2D eigenvalue weighted by Gasteiger charge is 2.54. The Kier molecular flexibility index (Phi) is 5.38. The van der Waals surface area contributed by atoms with Gasteiger partial charge < -0.3 is 4.74 Å². The maximum atomic E-state index is 13.5. The minimum atomic E-state index is -3.99. The molecule has 0 spiro atoms. The second kappa shape index (κ2) is 7.88. The van der Waals surface area contributed by atoms with Crippen molar-refractivity contribution in [2.24, 2.45) is 0 Å². The number of carbonyl (C=O) groups excluding carboxylic acids is 1. The minimum Gasteiger partial charge on any atom is -0.441 e. The number of rotatable bonds is 5. The molecule has 1 aliphatic rings. The molecule has 0 saturated heterocycles. The van der Waals surface area contributed by atoms with Crippen LogP contribution in [0.5, 0.6) is 0 Å². The van der Waals surface area contributed by atoms with E-state index in [1.54, 1.807) is 36.4 Å². The van der Waals surface area contributed by atoms with Crippen molar-refractivity contribution < 1.29 is 17.9 Å². The van der Waals surface area contributed by atoms with Gasteiger partial charge in [0.05, 0.1) is 10.3 Å². The smallest absolute Gasteiger partial charge is 0.329 e. The maximum absolute atomic E-state index is 13.5. The molecule has 1 aromatic heterocycles. The van der Waals surface area contributed by atoms with Crippen LogP contribution in [0, 0.1) is 13.8 Å². The number of hydrogen-bond donors (Lipinski definition) is 0. The van der Waals surface area contributed by atoms with Crippen LogP contribution in [0.1, 0.15) is 36.8 Å². The van der Waals surface area contributed by atoms with Crippen LogP contribution in [0.3, 0.4) is 0 Å². The lowest BCUT2D eigenvalue weighted by atomic mass is 10.1. The molecule has 1 heterocycles. The Morgan fingerprint density at radius 2 is 1.81 bits per heavy atom. The van der Waals surface area contributed by atoms with Gasteiger partial charge in [-0.1, -0.05) is 36.3 Å². The molecule has 0 unspecified atom stereocenters. The molecule has 4 rings (SSSR count). The molecule has 0 radical (unpaired) electrons. The number of nitrogens with zero attached hydrogens (tertiary/aromatic N) is 3. The lowest BCUT2D eigenvalue weighted by Crippen LogP contribution is -2.46. The summed E-state index contributed by atoms with van der Waals surface area (Å²) in [5.41, 5.74) is 1.77. The van der Waals surface area contributed by atoms with E-state index in [0.29, 0.717) is 23.7 Å². The van der Waals surface area contributed by atoms with Gasteiger partial charge in [-0.15, -0.1) is 5.10 Å². The van der Waals surface area contributed by atoms with Gasteiger partial charge in [0.25, 0.3) is 5.56 Å². The van der Waals surface area contributed by atoms with E-state index >= 15 is 0 Å². The summed E-state index contributed by atoms with van der Waals surface area (Å²) in [5, 5.41) is 8.09. The Labute approximate surface area is 179 Å². The van der Waals surface area contributed by atoms with Crippen LogP contribution in [0.25, 0.3) is 10.9 Å². The number of ether oxygens (including phenoxy) is 1. The van der Waals surface area contributed by atoms with Gasteiger partial charge in [0.2, 0.25) is 0 Å². The highest BCUT2D eigenvalue weighted by molar-refractivity contribution is 7.93. The SMILES string of the molecule is Cc1ccc(S(=O)(=O)C2(C(=O)OCn3nnc4ccccc4c3=O)CCCC2)cc1C. The molecular weight excluding hydrogens is 418 g/mol. The summed E-state index contributed by atoms with van der Waals surface area (Å²) >= 11 is 0. The number of aryl methyl sites for hydroxylation is 2. The second-order valence-electron chi connectivity index (χ2n) is 7.92. The summed E-state index contributed by atoms with van der Waals surface area (Å²) in [6, 6.07) is 11.6. The Balaban J connectivity index is 1.64. The zero-order valence-corrected chi connectivity index (χ0v) is 18.2. The highest BCUT2D eigenvalue weighted by Crippen LogP contribution is 2.42. The first-order valence-electron chi connectivity index (χ1n) is 10.1. The van der Waals surface area contributed by atoms with Crippen LogP contribution in [-0.2, 0) is 26.1 Å². The molecule has 0 N–H and O–H groups in total. The van der Waals surface area contributed by atoms with Crippen LogP contribution < -0.4 is 5.56 Å². The zero-order chi connectivity index (χ0) is 22.2. The predicted molar refractivity (Wildman–Crippen MR) is 114 cm³/mol. The predicted octanol–water partition coefficient (Wildman–Crippen LogP) is 2.70. The van der Waals surface area contributed by atoms with E-state index in [-0.39, 0.29) is 17.7 Å². The van der Waals surface area contributed by atoms with Crippen LogP contribution in [-0.4, -0.2) is 34.1 Å². The number of carbonyl (C=O) groups is 1. The van der Waals surface area contributed by atoms with Gasteiger partial charge in [-0.2, -0.15) is 4.68 Å². The number of benzene rings is 2. The third kappa shape index (κ3) is 3.52. The summed E-state index contributed by atoms with van der Waals surface area (Å²) in [6.07, 6.45) is 1.57. The van der Waals surface area contributed by atoms with E-state index in [0.717, 1.165) is 15.8 Å². The molecule has 162 valence electrons. The third-order valence-electron chi connectivity index (χ3n) is 6.03. The number of fused-ring (bicyclic) bond motifs is 1. The molecule has 0 aliphatic heterocycles. The Bertz CT molecular complexity index is 1320. The molecule has 1 saturated carbocycles. The van der Waals surface area contributed by atoms with Crippen molar-refractivity contribution in [2.45, 2.75) is 55.9 Å². The van der Waals surface area contributed by atoms with Crippen molar-refractivity contribution in [3.8, 4) is 0 Å². The average Bonchev–Trinajstić information content (AvgIpc) is 3.27. The first kappa shape index (κ1) is 21.2. The zero-order valence-electron chi connectivity index (χ0n) is 17.4. The van der Waals surface area contributed by atoms with Gasteiger partial charge in [-0.25, -0.2) is 8.42 Å². The topological polar surface area (TPSA) is 108 Å². The lowest BCUT2D eigenvalue weighted by Gasteiger charge is -2.27. The molecule has 2 aromatic carbocycles. The molecule has 0 bridgehead atoms. The molecule has 3 aromatic rings. The first-order valence-corrected chi connectivity index (χ1v) is 11.6. The van der Waals surface area contributed by atoms with E-state index in [9.17, 15) is 18.0 Å². The van der Waals surface area contributed by atoms with Gasteiger partial charge in [-0.3, -0.25) is 9.59 Å². The van der Waals surface area contributed by atoms with Gasteiger partial charge in [0, 0.05) is 0 Å². The number of aromatic nitrogens is 3. The van der Waals surface area contributed by atoms with E-state index < -0.39 is 32.8 Å². The molecule has 9 heteroatoms. The highest BCUT2D eigenvalue weighted by atomic mass is 32.2. The molecular formula is C22H23N3O5S. The quantitative estimate of drug-likeness (QED) is 0.560. The van der Waals surface area contributed by atoms with Crippen LogP contribution >= 0.6 is 0 Å². The Morgan fingerprint density at radius 1 is 1.10 bits per heavy atom. The van der Waals surface area contributed by atoms with Crippen molar-refractivity contribution in [3.63, 3.8) is 0 Å². The van der Waals surface area contributed by atoms with Crippen molar-refractivity contribution in [3.05, 3.63) is 63.9 Å². The summed E-state index contributed by atoms with van der Waals surface area (Å²) in [6.45, 7) is 3.23. The Morgan fingerprint density at radius 3 is 2.52 bits per heavy atom. The number of hydrogen-bond acceptors (Lipinski definition) is 7. The number of esters is 1. The average molecular weight is 442 g/mol. The van der Waals surface area contributed by atoms with Crippen molar-refractivity contribution in [1.29, 1.82) is 0 Å². The summed E-state index contributed by atoms with van der Waals surface area (Å²) in [4.78, 5) is 25.8. The number of sulfone groups is 1. The van der Waals surface area contributed by atoms with Gasteiger partial charge >= 0.3 is 5.97 Å². The van der Waals surface area contributed by atoms with E-state index in [2.05, 4.69) is 10.3 Å². The first-order chi connectivity index (χ1) is 14.8. The van der Waals surface area contributed by atoms with Crippen LogP contribution in [0.2, 0.25) is 0 Å². The summed E-state index contributed by atoms with van der Waals surface area (Å²) < 4.78 is 31.6. The fourth-order valence-electron chi connectivity index (χ4n) is 3.99. The van der Waals surface area contributed by atoms with Crippen LogP contribution in [0.4, 0.5) is 0 Å². The van der Waals surface area contributed by atoms with Crippen molar-refractivity contribution in [1.82, 2.24) is 15.0 Å². The van der Waals surface area contributed by atoms with Gasteiger partial charge in [-0.05, 0) is 62.1 Å². The van der Waals surface area contributed by atoms with Gasteiger partial charge in [0.1, 0.15) is 5.52 Å². The van der Waals surface area contributed by atoms with E-state index in [1.807, 2.05) is 13.8 Å². The molecule has 31 heavy (non-hydrogen) atoms. The third-order valence-corrected chi connectivity index (χ3v) is 8.51. The van der Waals surface area contributed by atoms with Crippen molar-refractivity contribution in [2.75, 3.05) is 0 Å². The summed E-state index contributed by atoms with van der Waals surface area (Å²) in [7, 11) is -3.99. The summed E-state index contributed by atoms with van der Waals surface area (Å²) in [5.74, 6) is -0.856. The largest absolute Gasteiger partial charge is 0.441 e. The van der Waals surface area contributed by atoms with Gasteiger partial charge in [0.15, 0.2) is 21.3 Å². The normalized spacial score (nSPS) is 15.8. The molecule has 0 atom stereocenters. The minimum absolute atomic E-state index is 0.108. The monoisotopic (exact) mass is 441 g/mol. The fourth-order valence-corrected chi connectivity index (χ4v) is 6.13. The lowest BCUT2D eigenvalue weighted by molar-refractivity contribution is -0.151. The standard InChI is InChI=1S/C22H23N3O5S/c1-15-9-10-17(13-16(15)2)31(28,29)22(11-5-6-12-22)21(27)30-14-25-20(26)18-7-3-4-8-19(18)23-24-25/h3-4,7-10,13H,5-6,11-12,14H2,1-2H3. The fraction of sp³-hybridized carbons (Fsp3) is 0.364. The van der Waals surface area contributed by atoms with Crippen LogP contribution in [0.15, 0.2) is 52.2 Å². The molecule has 0 amide bonds. The Hall–Kier alpha value is -3.07. The van der Waals surface area contributed by atoms with E-state index in [1.165, 1.54) is 6.07 Å².